The maximum absolute atomic E-state index is 6.37. The minimum Gasteiger partial charge on any atom is -0.378 e. The second kappa shape index (κ2) is 6.11. The fraction of sp³-hybridized carbons (Fsp3) is 0.375. The summed E-state index contributed by atoms with van der Waals surface area (Å²) in [6, 6.07) is 8.82. The first kappa shape index (κ1) is 15.1. The Morgan fingerprint density at radius 1 is 1.29 bits per heavy atom. The average molecular weight is 339 g/mol. The summed E-state index contributed by atoms with van der Waals surface area (Å²) in [6.07, 6.45) is 1.14. The molecule has 1 aromatic heterocycles. The van der Waals surface area contributed by atoms with Gasteiger partial charge in [0.15, 0.2) is 0 Å². The molecule has 0 aliphatic carbocycles. The minimum atomic E-state index is 0.378. The van der Waals surface area contributed by atoms with Crippen LogP contribution < -0.4 is 10.2 Å². The van der Waals surface area contributed by atoms with Crippen LogP contribution in [0, 0.1) is 0 Å². The van der Waals surface area contributed by atoms with E-state index in [1.54, 1.807) is 0 Å². The Morgan fingerprint density at radius 2 is 2.10 bits per heavy atom. The van der Waals surface area contributed by atoms with Gasteiger partial charge in [-0.1, -0.05) is 18.5 Å². The molecule has 1 aliphatic heterocycles. The number of hydrogen-bond acceptors (Lipinski definition) is 4. The molecule has 21 heavy (non-hydrogen) atoms. The van der Waals surface area contributed by atoms with Crippen LogP contribution in [0.15, 0.2) is 33.9 Å². The van der Waals surface area contributed by atoms with Crippen molar-refractivity contribution in [3.63, 3.8) is 0 Å². The largest absolute Gasteiger partial charge is 0.378 e. The number of thiophene rings is 1. The molecule has 5 heteroatoms. The van der Waals surface area contributed by atoms with Gasteiger partial charge in [-0.25, -0.2) is 0 Å². The number of fused-ring (bicyclic) bond motifs is 1. The summed E-state index contributed by atoms with van der Waals surface area (Å²) in [7, 11) is 4.01. The molecule has 0 saturated heterocycles. The summed E-state index contributed by atoms with van der Waals surface area (Å²) < 4.78 is 1.45. The lowest BCUT2D eigenvalue weighted by atomic mass is 10.0. The van der Waals surface area contributed by atoms with Crippen molar-refractivity contribution >= 4 is 46.1 Å². The number of rotatable bonds is 3. The highest BCUT2D eigenvalue weighted by Gasteiger charge is 2.26. The number of hydrogen-bond donors (Lipinski definition) is 1. The number of anilines is 2. The van der Waals surface area contributed by atoms with Gasteiger partial charge in [0.25, 0.3) is 0 Å². The van der Waals surface area contributed by atoms with E-state index in [2.05, 4.69) is 35.8 Å². The lowest BCUT2D eigenvalue weighted by Crippen LogP contribution is -2.19. The van der Waals surface area contributed by atoms with E-state index in [9.17, 15) is 0 Å². The Morgan fingerprint density at radius 3 is 2.81 bits per heavy atom. The molecule has 112 valence electrons. The van der Waals surface area contributed by atoms with E-state index in [0.29, 0.717) is 11.3 Å². The molecule has 2 nitrogen and oxygen atoms in total. The zero-order valence-electron chi connectivity index (χ0n) is 12.4. The Kier molecular flexibility index (Phi) is 4.38. The van der Waals surface area contributed by atoms with Crippen molar-refractivity contribution in [2.24, 2.45) is 0 Å². The number of thioether (sulfide) groups is 1. The zero-order valence-corrected chi connectivity index (χ0v) is 14.8. The van der Waals surface area contributed by atoms with Crippen LogP contribution in [0.2, 0.25) is 5.02 Å². The van der Waals surface area contributed by atoms with E-state index < -0.39 is 0 Å². The minimum absolute atomic E-state index is 0.378. The molecule has 2 atom stereocenters. The van der Waals surface area contributed by atoms with Crippen LogP contribution in [0.4, 0.5) is 11.4 Å². The molecule has 3 rings (SSSR count). The number of nitrogens with one attached hydrogen (secondary N) is 1. The molecule has 0 spiro atoms. The van der Waals surface area contributed by atoms with E-state index in [-0.39, 0.29) is 0 Å². The Hall–Kier alpha value is -0.840. The lowest BCUT2D eigenvalue weighted by Gasteiger charge is -2.28. The molecular formula is C16H19ClN2S2. The normalized spacial score (nSPS) is 21.0. The van der Waals surface area contributed by atoms with Crippen molar-refractivity contribution in [1.82, 2.24) is 0 Å². The van der Waals surface area contributed by atoms with Gasteiger partial charge in [-0.3, -0.25) is 0 Å². The maximum Gasteiger partial charge on any atom is 0.0659 e. The molecular weight excluding hydrogens is 320 g/mol. The summed E-state index contributed by atoms with van der Waals surface area (Å²) in [5.74, 6) is 0. The summed E-state index contributed by atoms with van der Waals surface area (Å²) in [5, 5.41) is 7.27. The highest BCUT2D eigenvalue weighted by molar-refractivity contribution is 8.01. The van der Waals surface area contributed by atoms with Gasteiger partial charge in [0, 0.05) is 25.0 Å². The van der Waals surface area contributed by atoms with Crippen LogP contribution in [-0.4, -0.2) is 19.3 Å². The molecule has 1 unspecified atom stereocenters. The van der Waals surface area contributed by atoms with Gasteiger partial charge in [-0.05, 0) is 41.6 Å². The van der Waals surface area contributed by atoms with E-state index in [1.807, 2.05) is 48.2 Å². The van der Waals surface area contributed by atoms with Crippen molar-refractivity contribution in [2.75, 3.05) is 24.3 Å². The van der Waals surface area contributed by atoms with Crippen molar-refractivity contribution in [2.45, 2.75) is 28.8 Å². The summed E-state index contributed by atoms with van der Waals surface area (Å²) >= 11 is 10.2. The molecule has 1 N–H and O–H groups in total. The predicted octanol–water partition coefficient (Wildman–Crippen LogP) is 5.51. The SMILES string of the molecule is C[C@H]1CC(Nc2ccc(N(C)C)c(Cl)c2)c2ccsc2S1. The first-order valence-corrected chi connectivity index (χ1v) is 9.16. The standard InChI is InChI=1S/C16H19ClN2S2/c1-10-8-14(12-6-7-20-16(12)21-10)18-11-4-5-15(19(2)3)13(17)9-11/h4-7,9-10,14,18H,8H2,1-3H3/t10-,14?/m0/s1. The highest BCUT2D eigenvalue weighted by Crippen LogP contribution is 2.45. The summed E-state index contributed by atoms with van der Waals surface area (Å²) in [5.41, 5.74) is 3.56. The smallest absolute Gasteiger partial charge is 0.0659 e. The number of halogens is 1. The van der Waals surface area contributed by atoms with E-state index in [1.165, 1.54) is 9.77 Å². The van der Waals surface area contributed by atoms with Crippen molar-refractivity contribution in [3.8, 4) is 0 Å². The van der Waals surface area contributed by atoms with E-state index in [4.69, 9.17) is 11.6 Å². The number of nitrogens with zero attached hydrogens (tertiary/aromatic N) is 1. The van der Waals surface area contributed by atoms with Gasteiger partial charge in [0.2, 0.25) is 0 Å². The van der Waals surface area contributed by atoms with Crippen molar-refractivity contribution < 1.29 is 0 Å². The first-order chi connectivity index (χ1) is 10.0. The van der Waals surface area contributed by atoms with Gasteiger partial charge in [-0.15, -0.1) is 23.1 Å². The Bertz CT molecular complexity index is 639. The molecule has 0 fully saturated rings. The fourth-order valence-corrected chi connectivity index (χ4v) is 5.56. The van der Waals surface area contributed by atoms with Crippen LogP contribution in [0.3, 0.4) is 0 Å². The zero-order chi connectivity index (χ0) is 15.0. The molecule has 0 bridgehead atoms. The quantitative estimate of drug-likeness (QED) is 0.794. The predicted molar refractivity (Wildman–Crippen MR) is 96.4 cm³/mol. The van der Waals surface area contributed by atoms with Gasteiger partial charge in [0.05, 0.1) is 21.0 Å². The van der Waals surface area contributed by atoms with Crippen LogP contribution in [0.25, 0.3) is 0 Å². The van der Waals surface area contributed by atoms with Gasteiger partial charge >= 0.3 is 0 Å². The molecule has 2 heterocycles. The van der Waals surface area contributed by atoms with Crippen LogP contribution in [0.1, 0.15) is 24.9 Å². The maximum atomic E-state index is 6.37. The first-order valence-electron chi connectivity index (χ1n) is 7.02. The van der Waals surface area contributed by atoms with Crippen molar-refractivity contribution in [1.29, 1.82) is 0 Å². The second-order valence-electron chi connectivity index (χ2n) is 5.59. The Labute approximate surface area is 139 Å². The summed E-state index contributed by atoms with van der Waals surface area (Å²) in [4.78, 5) is 2.03. The molecule has 0 radical (unpaired) electrons. The van der Waals surface area contributed by atoms with E-state index in [0.717, 1.165) is 22.8 Å². The Balaban J connectivity index is 1.83. The third-order valence-corrected chi connectivity index (χ3v) is 6.33. The molecule has 2 aromatic rings. The molecule has 0 amide bonds. The third-order valence-electron chi connectivity index (χ3n) is 3.68. The summed E-state index contributed by atoms with van der Waals surface area (Å²) in [6.45, 7) is 2.30. The average Bonchev–Trinajstić information content (AvgIpc) is 2.86. The van der Waals surface area contributed by atoms with Crippen LogP contribution in [-0.2, 0) is 0 Å². The topological polar surface area (TPSA) is 15.3 Å². The molecule has 1 aliphatic rings. The van der Waals surface area contributed by atoms with E-state index >= 15 is 0 Å². The van der Waals surface area contributed by atoms with Crippen LogP contribution >= 0.6 is 34.7 Å². The lowest BCUT2D eigenvalue weighted by molar-refractivity contribution is 0.670. The molecule has 1 aromatic carbocycles. The van der Waals surface area contributed by atoms with Crippen LogP contribution in [0.5, 0.6) is 0 Å². The fourth-order valence-electron chi connectivity index (χ4n) is 2.65. The highest BCUT2D eigenvalue weighted by atomic mass is 35.5. The second-order valence-corrected chi connectivity index (χ2v) is 8.62. The number of benzene rings is 1. The van der Waals surface area contributed by atoms with Gasteiger partial charge in [0.1, 0.15) is 0 Å². The molecule has 0 saturated carbocycles. The monoisotopic (exact) mass is 338 g/mol. The van der Waals surface area contributed by atoms with Gasteiger partial charge < -0.3 is 10.2 Å². The van der Waals surface area contributed by atoms with Gasteiger partial charge in [-0.2, -0.15) is 0 Å². The third kappa shape index (κ3) is 3.17. The van der Waals surface area contributed by atoms with Crippen molar-refractivity contribution in [3.05, 3.63) is 40.2 Å².